The van der Waals surface area contributed by atoms with Crippen molar-refractivity contribution >= 4 is 15.1 Å². The van der Waals surface area contributed by atoms with Crippen molar-refractivity contribution in [2.45, 2.75) is 25.4 Å². The van der Waals surface area contributed by atoms with Crippen LogP contribution in [-0.4, -0.2) is 47.7 Å². The highest BCUT2D eigenvalue weighted by Gasteiger charge is 2.37. The molecule has 2 N–H and O–H groups in total. The van der Waals surface area contributed by atoms with Crippen LogP contribution in [0.2, 0.25) is 6.04 Å². The zero-order chi connectivity index (χ0) is 11.7. The molecule has 6 nitrogen and oxygen atoms in total. The average molecular weight is 236 g/mol. The normalized spacial score (nSPS) is 14.5. The molecule has 1 atom stereocenters. The lowest BCUT2D eigenvalue weighted by atomic mass is 10.3. The molecule has 0 amide bonds. The van der Waals surface area contributed by atoms with Gasteiger partial charge in [-0.1, -0.05) is 0 Å². The van der Waals surface area contributed by atoms with Gasteiger partial charge in [-0.15, -0.1) is 0 Å². The minimum absolute atomic E-state index is 0.0805. The maximum atomic E-state index is 8.32. The van der Waals surface area contributed by atoms with Crippen LogP contribution < -0.4 is 5.48 Å². The zero-order valence-electron chi connectivity index (χ0n) is 9.69. The number of nitrogens with one attached hydrogen (secondary N) is 1. The summed E-state index contributed by atoms with van der Waals surface area (Å²) in [7, 11) is 2.28. The maximum absolute atomic E-state index is 8.32. The smallest absolute Gasteiger partial charge is 0.377 e. The lowest BCUT2D eigenvalue weighted by molar-refractivity contribution is 0.122. The lowest BCUT2D eigenvalue weighted by Crippen LogP contribution is -2.43. The first-order valence-electron chi connectivity index (χ1n) is 4.70. The number of hydroxylamine groups is 1. The molecule has 0 aromatic carbocycles. The number of aliphatic imine (C=N–C) groups is 1. The molecule has 0 fully saturated rings. The first kappa shape index (κ1) is 14.5. The van der Waals surface area contributed by atoms with Gasteiger partial charge in [0.1, 0.15) is 6.34 Å². The Bertz CT molecular complexity index is 179. The third-order valence-corrected chi connectivity index (χ3v) is 4.96. The molecular formula is C8H20N2O4Si. The maximum Gasteiger partial charge on any atom is 0.500 e. The Balaban J connectivity index is 4.04. The Kier molecular flexibility index (Phi) is 7.53. The Morgan fingerprint density at radius 2 is 1.87 bits per heavy atom. The highest BCUT2D eigenvalue weighted by molar-refractivity contribution is 6.60. The molecule has 90 valence electrons. The quantitative estimate of drug-likeness (QED) is 0.280. The molecule has 0 bridgehead atoms. The van der Waals surface area contributed by atoms with E-state index < -0.39 is 8.80 Å². The summed E-state index contributed by atoms with van der Waals surface area (Å²) in [4.78, 5) is 4.02. The Morgan fingerprint density at radius 3 is 2.27 bits per heavy atom. The highest BCUT2D eigenvalue weighted by atomic mass is 28.4. The minimum Gasteiger partial charge on any atom is -0.377 e. The predicted molar refractivity (Wildman–Crippen MR) is 59.1 cm³/mol. The standard InChI is InChI=1S/C8H20N2O4Si/c1-8(9-7-10-11)5-6-15(12-2,13-3)14-4/h7-8,11H,5-6H2,1-4H3,(H,9,10). The molecular weight excluding hydrogens is 216 g/mol. The topological polar surface area (TPSA) is 72.3 Å². The van der Waals surface area contributed by atoms with E-state index in [4.69, 9.17) is 18.5 Å². The van der Waals surface area contributed by atoms with Crippen molar-refractivity contribution < 1.29 is 18.5 Å². The molecule has 0 saturated carbocycles. The molecule has 0 spiro atoms. The van der Waals surface area contributed by atoms with Gasteiger partial charge in [0.15, 0.2) is 0 Å². The van der Waals surface area contributed by atoms with Gasteiger partial charge >= 0.3 is 8.80 Å². The first-order valence-corrected chi connectivity index (χ1v) is 6.64. The largest absolute Gasteiger partial charge is 0.500 e. The van der Waals surface area contributed by atoms with Crippen molar-refractivity contribution in [1.29, 1.82) is 0 Å². The van der Waals surface area contributed by atoms with Gasteiger partial charge in [-0.25, -0.2) is 0 Å². The van der Waals surface area contributed by atoms with E-state index in [1.165, 1.54) is 6.34 Å². The summed E-state index contributed by atoms with van der Waals surface area (Å²) in [6.45, 7) is 1.94. The summed E-state index contributed by atoms with van der Waals surface area (Å²) in [5.41, 5.74) is 1.86. The number of hydrogen-bond donors (Lipinski definition) is 2. The fraction of sp³-hybridized carbons (Fsp3) is 0.875. The van der Waals surface area contributed by atoms with Crippen LogP contribution in [0.5, 0.6) is 0 Å². The van der Waals surface area contributed by atoms with E-state index in [2.05, 4.69) is 4.99 Å². The second-order valence-corrected chi connectivity index (χ2v) is 6.18. The van der Waals surface area contributed by atoms with E-state index in [1.807, 2.05) is 12.4 Å². The van der Waals surface area contributed by atoms with Crippen LogP contribution in [0.4, 0.5) is 0 Å². The molecule has 0 aliphatic rings. The molecule has 0 aliphatic carbocycles. The molecule has 0 aromatic heterocycles. The number of hydrogen-bond acceptors (Lipinski definition) is 5. The molecule has 0 radical (unpaired) electrons. The van der Waals surface area contributed by atoms with Crippen molar-refractivity contribution in [2.75, 3.05) is 21.3 Å². The molecule has 0 saturated heterocycles. The van der Waals surface area contributed by atoms with Gasteiger partial charge in [-0.3, -0.25) is 15.7 Å². The summed E-state index contributed by atoms with van der Waals surface area (Å²) in [5, 5.41) is 8.32. The monoisotopic (exact) mass is 236 g/mol. The summed E-state index contributed by atoms with van der Waals surface area (Å²) >= 11 is 0. The Labute approximate surface area is 91.6 Å². The second-order valence-electron chi connectivity index (χ2n) is 3.09. The fourth-order valence-electron chi connectivity index (χ4n) is 1.18. The SMILES string of the molecule is CO[Si](CCC(C)N=CNO)(OC)OC. The molecule has 0 aliphatic heterocycles. The number of rotatable bonds is 8. The van der Waals surface area contributed by atoms with Crippen LogP contribution in [0, 0.1) is 0 Å². The van der Waals surface area contributed by atoms with Gasteiger partial charge in [0.2, 0.25) is 0 Å². The van der Waals surface area contributed by atoms with Gasteiger partial charge in [-0.05, 0) is 13.3 Å². The van der Waals surface area contributed by atoms with Crippen LogP contribution in [0.3, 0.4) is 0 Å². The van der Waals surface area contributed by atoms with E-state index in [0.717, 1.165) is 6.42 Å². The van der Waals surface area contributed by atoms with Crippen molar-refractivity contribution in [2.24, 2.45) is 4.99 Å². The highest BCUT2D eigenvalue weighted by Crippen LogP contribution is 2.17. The zero-order valence-corrected chi connectivity index (χ0v) is 10.7. The van der Waals surface area contributed by atoms with Crippen molar-refractivity contribution in [3.05, 3.63) is 0 Å². The van der Waals surface area contributed by atoms with E-state index in [1.54, 1.807) is 21.3 Å². The number of nitrogens with zero attached hydrogens (tertiary/aromatic N) is 1. The molecule has 0 aromatic rings. The summed E-state index contributed by atoms with van der Waals surface area (Å²) in [5.74, 6) is 0. The summed E-state index contributed by atoms with van der Waals surface area (Å²) in [6, 6.07) is 0.775. The van der Waals surface area contributed by atoms with Gasteiger partial charge in [0.05, 0.1) is 0 Å². The molecule has 0 rings (SSSR count). The molecule has 7 heteroatoms. The third kappa shape index (κ3) is 5.24. The Morgan fingerprint density at radius 1 is 1.33 bits per heavy atom. The van der Waals surface area contributed by atoms with E-state index >= 15 is 0 Å². The van der Waals surface area contributed by atoms with Crippen LogP contribution >= 0.6 is 0 Å². The van der Waals surface area contributed by atoms with Gasteiger partial charge < -0.3 is 13.3 Å². The van der Waals surface area contributed by atoms with Crippen molar-refractivity contribution in [1.82, 2.24) is 5.48 Å². The minimum atomic E-state index is -2.48. The lowest BCUT2D eigenvalue weighted by Gasteiger charge is -2.24. The van der Waals surface area contributed by atoms with Crippen molar-refractivity contribution in [3.8, 4) is 0 Å². The molecule has 0 heterocycles. The van der Waals surface area contributed by atoms with Gasteiger partial charge in [0, 0.05) is 33.4 Å². The van der Waals surface area contributed by atoms with Crippen LogP contribution in [0.15, 0.2) is 4.99 Å². The molecule has 1 unspecified atom stereocenters. The summed E-state index contributed by atoms with van der Waals surface area (Å²) in [6.07, 6.45) is 2.03. The van der Waals surface area contributed by atoms with E-state index in [0.29, 0.717) is 6.04 Å². The average Bonchev–Trinajstić information content (AvgIpc) is 2.29. The van der Waals surface area contributed by atoms with Crippen LogP contribution in [0.1, 0.15) is 13.3 Å². The van der Waals surface area contributed by atoms with E-state index in [-0.39, 0.29) is 6.04 Å². The molecule has 15 heavy (non-hydrogen) atoms. The fourth-order valence-corrected chi connectivity index (χ4v) is 3.06. The van der Waals surface area contributed by atoms with Crippen LogP contribution in [0.25, 0.3) is 0 Å². The second kappa shape index (κ2) is 7.77. The first-order chi connectivity index (χ1) is 7.14. The van der Waals surface area contributed by atoms with Crippen LogP contribution in [-0.2, 0) is 13.3 Å². The predicted octanol–water partition coefficient (Wildman–Crippen LogP) is 0.650. The van der Waals surface area contributed by atoms with Gasteiger partial charge in [-0.2, -0.15) is 0 Å². The van der Waals surface area contributed by atoms with Crippen molar-refractivity contribution in [3.63, 3.8) is 0 Å². The summed E-state index contributed by atoms with van der Waals surface area (Å²) < 4.78 is 15.8. The van der Waals surface area contributed by atoms with E-state index in [9.17, 15) is 0 Å². The third-order valence-electron chi connectivity index (χ3n) is 2.19. The Hall–Kier alpha value is -0.473. The van der Waals surface area contributed by atoms with Gasteiger partial charge in [0.25, 0.3) is 0 Å².